The third kappa shape index (κ3) is 5.28. The molecular weight excluding hydrogens is 477 g/mol. The minimum atomic E-state index is -0.879. The normalized spacial score (nSPS) is 16.6. The molecule has 37 heavy (non-hydrogen) atoms. The second kappa shape index (κ2) is 11.2. The standard InChI is InChI=1S/C29H28FNO6/c1-4-37-22-7-5-6-20(16-22)27(32)25-26(19-10-13-23(35-2)24(17-19)36-3)31(29(34)28(25)33)15-14-18-8-11-21(30)12-9-18/h5-13,16-17,26,32H,4,14-15H2,1-3H3/b27-25-. The van der Waals surface area contributed by atoms with Gasteiger partial charge < -0.3 is 24.2 Å². The zero-order valence-corrected chi connectivity index (χ0v) is 20.9. The Labute approximate surface area is 214 Å². The number of Topliss-reactive ketones (excluding diaryl/α,β-unsaturated/α-hetero) is 1. The Bertz CT molecular complexity index is 1330. The van der Waals surface area contributed by atoms with Crippen LogP contribution in [0.1, 0.15) is 29.7 Å². The lowest BCUT2D eigenvalue weighted by molar-refractivity contribution is -0.139. The molecule has 3 aromatic rings. The van der Waals surface area contributed by atoms with Gasteiger partial charge in [-0.3, -0.25) is 9.59 Å². The number of benzene rings is 3. The Morgan fingerprint density at radius 1 is 0.973 bits per heavy atom. The number of aliphatic hydroxyl groups is 1. The summed E-state index contributed by atoms with van der Waals surface area (Å²) in [5, 5.41) is 11.3. The van der Waals surface area contributed by atoms with Crippen LogP contribution in [0, 0.1) is 5.82 Å². The Kier molecular flexibility index (Phi) is 7.77. The molecule has 8 heteroatoms. The van der Waals surface area contributed by atoms with Gasteiger partial charge in [-0.25, -0.2) is 4.39 Å². The van der Waals surface area contributed by atoms with Crippen molar-refractivity contribution in [1.82, 2.24) is 4.90 Å². The average Bonchev–Trinajstić information content (AvgIpc) is 3.17. The highest BCUT2D eigenvalue weighted by molar-refractivity contribution is 6.46. The van der Waals surface area contributed by atoms with Crippen molar-refractivity contribution < 1.29 is 33.3 Å². The van der Waals surface area contributed by atoms with Crippen LogP contribution in [0.25, 0.3) is 5.76 Å². The minimum absolute atomic E-state index is 0.0371. The number of aliphatic hydroxyl groups excluding tert-OH is 1. The number of likely N-dealkylation sites (tertiary alicyclic amines) is 1. The van der Waals surface area contributed by atoms with E-state index < -0.39 is 17.7 Å². The SMILES string of the molecule is CCOc1cccc(/C(O)=C2/C(=O)C(=O)N(CCc3ccc(F)cc3)C2c2ccc(OC)c(OC)c2)c1. The lowest BCUT2D eigenvalue weighted by atomic mass is 9.94. The summed E-state index contributed by atoms with van der Waals surface area (Å²) in [7, 11) is 3.00. The van der Waals surface area contributed by atoms with Gasteiger partial charge in [-0.15, -0.1) is 0 Å². The van der Waals surface area contributed by atoms with Gasteiger partial charge in [0.1, 0.15) is 17.3 Å². The number of hydrogen-bond acceptors (Lipinski definition) is 6. The maximum absolute atomic E-state index is 13.4. The van der Waals surface area contributed by atoms with E-state index in [1.165, 1.54) is 31.3 Å². The van der Waals surface area contributed by atoms with E-state index in [-0.39, 0.29) is 23.7 Å². The van der Waals surface area contributed by atoms with Crippen LogP contribution in [-0.4, -0.2) is 49.1 Å². The van der Waals surface area contributed by atoms with Crippen LogP contribution in [0.15, 0.2) is 72.3 Å². The number of methoxy groups -OCH3 is 2. The molecule has 1 unspecified atom stereocenters. The van der Waals surface area contributed by atoms with Crippen LogP contribution in [-0.2, 0) is 16.0 Å². The third-order valence-corrected chi connectivity index (χ3v) is 6.24. The molecule has 1 N–H and O–H groups in total. The second-order valence-electron chi connectivity index (χ2n) is 8.44. The van der Waals surface area contributed by atoms with E-state index in [9.17, 15) is 19.1 Å². The number of halogens is 1. The van der Waals surface area contributed by atoms with Crippen LogP contribution in [0.3, 0.4) is 0 Å². The van der Waals surface area contributed by atoms with Crippen molar-refractivity contribution in [3.8, 4) is 17.2 Å². The number of amides is 1. The number of nitrogens with zero attached hydrogens (tertiary/aromatic N) is 1. The largest absolute Gasteiger partial charge is 0.507 e. The van der Waals surface area contributed by atoms with Crippen LogP contribution in [0.2, 0.25) is 0 Å². The van der Waals surface area contributed by atoms with Gasteiger partial charge in [0, 0.05) is 12.1 Å². The van der Waals surface area contributed by atoms with E-state index in [0.29, 0.717) is 41.4 Å². The van der Waals surface area contributed by atoms with Crippen molar-refractivity contribution in [1.29, 1.82) is 0 Å². The van der Waals surface area contributed by atoms with E-state index in [2.05, 4.69) is 0 Å². The number of carbonyl (C=O) groups is 2. The molecule has 1 fully saturated rings. The quantitative estimate of drug-likeness (QED) is 0.253. The lowest BCUT2D eigenvalue weighted by Gasteiger charge is -2.26. The summed E-state index contributed by atoms with van der Waals surface area (Å²) in [6.45, 7) is 2.45. The van der Waals surface area contributed by atoms with Crippen LogP contribution < -0.4 is 14.2 Å². The Hall–Kier alpha value is -4.33. The van der Waals surface area contributed by atoms with E-state index in [1.54, 1.807) is 54.6 Å². The summed E-state index contributed by atoms with van der Waals surface area (Å²) >= 11 is 0. The third-order valence-electron chi connectivity index (χ3n) is 6.24. The van der Waals surface area contributed by atoms with E-state index in [1.807, 2.05) is 6.92 Å². The van der Waals surface area contributed by atoms with Gasteiger partial charge in [0.2, 0.25) is 0 Å². The first-order chi connectivity index (χ1) is 17.9. The molecule has 1 heterocycles. The highest BCUT2D eigenvalue weighted by Crippen LogP contribution is 2.42. The summed E-state index contributed by atoms with van der Waals surface area (Å²) < 4.78 is 29.7. The van der Waals surface area contributed by atoms with Crippen molar-refractivity contribution in [2.24, 2.45) is 0 Å². The predicted octanol–water partition coefficient (Wildman–Crippen LogP) is 4.91. The molecule has 1 aliphatic rings. The van der Waals surface area contributed by atoms with Crippen molar-refractivity contribution in [3.63, 3.8) is 0 Å². The highest BCUT2D eigenvalue weighted by atomic mass is 19.1. The molecule has 0 saturated carbocycles. The first kappa shape index (κ1) is 25.8. The maximum atomic E-state index is 13.4. The number of ether oxygens (including phenoxy) is 3. The lowest BCUT2D eigenvalue weighted by Crippen LogP contribution is -2.31. The topological polar surface area (TPSA) is 85.3 Å². The maximum Gasteiger partial charge on any atom is 0.295 e. The second-order valence-corrected chi connectivity index (χ2v) is 8.44. The molecule has 0 bridgehead atoms. The molecule has 3 aromatic carbocycles. The molecule has 4 rings (SSSR count). The predicted molar refractivity (Wildman–Crippen MR) is 136 cm³/mol. The molecule has 0 aromatic heterocycles. The summed E-state index contributed by atoms with van der Waals surface area (Å²) in [5.74, 6) is -0.753. The van der Waals surface area contributed by atoms with Gasteiger partial charge in [0.05, 0.1) is 32.4 Å². The number of ketones is 1. The Balaban J connectivity index is 1.81. The highest BCUT2D eigenvalue weighted by Gasteiger charge is 2.46. The van der Waals surface area contributed by atoms with E-state index in [4.69, 9.17) is 14.2 Å². The molecule has 1 amide bonds. The van der Waals surface area contributed by atoms with Gasteiger partial charge in [-0.2, -0.15) is 0 Å². The molecule has 0 spiro atoms. The molecule has 0 radical (unpaired) electrons. The summed E-state index contributed by atoms with van der Waals surface area (Å²) in [6.07, 6.45) is 0.386. The molecule has 192 valence electrons. The summed E-state index contributed by atoms with van der Waals surface area (Å²) in [5.41, 5.74) is 1.69. The summed E-state index contributed by atoms with van der Waals surface area (Å²) in [6, 6.07) is 16.9. The number of carbonyl (C=O) groups excluding carboxylic acids is 2. The molecular formula is C29H28FNO6. The Morgan fingerprint density at radius 2 is 1.70 bits per heavy atom. The number of hydrogen-bond donors (Lipinski definition) is 1. The molecule has 1 aliphatic heterocycles. The molecule has 7 nitrogen and oxygen atoms in total. The van der Waals surface area contributed by atoms with Crippen LogP contribution in [0.4, 0.5) is 4.39 Å². The molecule has 0 aliphatic carbocycles. The zero-order chi connectivity index (χ0) is 26.5. The van der Waals surface area contributed by atoms with Crippen LogP contribution >= 0.6 is 0 Å². The van der Waals surface area contributed by atoms with Crippen molar-refractivity contribution >= 4 is 17.4 Å². The van der Waals surface area contributed by atoms with Gasteiger partial charge in [0.15, 0.2) is 11.5 Å². The van der Waals surface area contributed by atoms with Gasteiger partial charge in [-0.1, -0.05) is 30.3 Å². The van der Waals surface area contributed by atoms with Crippen molar-refractivity contribution in [3.05, 3.63) is 94.8 Å². The monoisotopic (exact) mass is 505 g/mol. The fourth-order valence-electron chi connectivity index (χ4n) is 4.44. The smallest absolute Gasteiger partial charge is 0.295 e. The van der Waals surface area contributed by atoms with Crippen molar-refractivity contribution in [2.75, 3.05) is 27.4 Å². The van der Waals surface area contributed by atoms with Gasteiger partial charge in [-0.05, 0) is 60.9 Å². The number of rotatable bonds is 9. The van der Waals surface area contributed by atoms with Gasteiger partial charge >= 0.3 is 0 Å². The van der Waals surface area contributed by atoms with E-state index in [0.717, 1.165) is 5.56 Å². The first-order valence-electron chi connectivity index (χ1n) is 11.9. The van der Waals surface area contributed by atoms with E-state index >= 15 is 0 Å². The molecule has 1 atom stereocenters. The van der Waals surface area contributed by atoms with Crippen LogP contribution in [0.5, 0.6) is 17.2 Å². The average molecular weight is 506 g/mol. The minimum Gasteiger partial charge on any atom is -0.507 e. The first-order valence-corrected chi connectivity index (χ1v) is 11.9. The zero-order valence-electron chi connectivity index (χ0n) is 20.9. The van der Waals surface area contributed by atoms with Gasteiger partial charge in [0.25, 0.3) is 11.7 Å². The fraction of sp³-hybridized carbons (Fsp3) is 0.241. The molecule has 1 saturated heterocycles. The van der Waals surface area contributed by atoms with Crippen molar-refractivity contribution in [2.45, 2.75) is 19.4 Å². The summed E-state index contributed by atoms with van der Waals surface area (Å²) in [4.78, 5) is 28.0. The fourth-order valence-corrected chi connectivity index (χ4v) is 4.44. The Morgan fingerprint density at radius 3 is 2.38 bits per heavy atom.